The van der Waals surface area contributed by atoms with Crippen molar-refractivity contribution in [1.29, 1.82) is 0 Å². The molecule has 2 aliphatic rings. The van der Waals surface area contributed by atoms with E-state index >= 15 is 0 Å². The maximum absolute atomic E-state index is 13.0. The molecule has 0 aromatic heterocycles. The monoisotopic (exact) mass is 379 g/mol. The van der Waals surface area contributed by atoms with Crippen molar-refractivity contribution in [1.82, 2.24) is 4.90 Å². The maximum atomic E-state index is 13.0. The fourth-order valence-electron chi connectivity index (χ4n) is 2.97. The van der Waals surface area contributed by atoms with Crippen LogP contribution in [0, 0.1) is 11.3 Å². The summed E-state index contributed by atoms with van der Waals surface area (Å²) in [5.41, 5.74) is -0.796. The third-order valence-electron chi connectivity index (χ3n) is 4.57. The summed E-state index contributed by atoms with van der Waals surface area (Å²) in [6.45, 7) is 5.62. The van der Waals surface area contributed by atoms with Gasteiger partial charge < -0.3 is 14.4 Å². The van der Waals surface area contributed by atoms with Gasteiger partial charge in [-0.25, -0.2) is 13.2 Å². The number of halogens is 1. The fraction of sp³-hybridized carbons (Fsp3) is 0.800. The third kappa shape index (κ3) is 2.80. The molecule has 0 unspecified atom stereocenters. The van der Waals surface area contributed by atoms with Gasteiger partial charge in [0, 0.05) is 0 Å². The van der Waals surface area contributed by atoms with E-state index in [1.54, 1.807) is 20.8 Å². The van der Waals surface area contributed by atoms with Crippen LogP contribution in [0.15, 0.2) is 0 Å². The lowest BCUT2D eigenvalue weighted by Gasteiger charge is -2.41. The zero-order valence-corrected chi connectivity index (χ0v) is 15.6. The van der Waals surface area contributed by atoms with Crippen molar-refractivity contribution in [3.8, 4) is 0 Å². The van der Waals surface area contributed by atoms with Gasteiger partial charge in [-0.2, -0.15) is 0 Å². The molecular formula is C15H22FNO7S. The van der Waals surface area contributed by atoms with Gasteiger partial charge in [-0.15, -0.1) is 0 Å². The number of β-lactam (4-membered cyclic amide) rings is 1. The summed E-state index contributed by atoms with van der Waals surface area (Å²) in [4.78, 5) is 36.8. The van der Waals surface area contributed by atoms with Crippen LogP contribution in [0.25, 0.3) is 0 Å². The van der Waals surface area contributed by atoms with Gasteiger partial charge in [-0.1, -0.05) is 0 Å². The molecule has 0 radical (unpaired) electrons. The standard InChI is InChI=1S/C15H22FNO7S/c1-14(2,3)13(20)24-7-23-12(19)9-15(4,5)25(21,22)11-8(6-16)10(18)17(9)11/h8-9,11H,6-7H2,1-5H3/t8-,9-,11+/m0/s1. The molecule has 0 spiro atoms. The number of carbonyl (C=O) groups excluding carboxylic acids is 3. The number of sulfone groups is 1. The summed E-state index contributed by atoms with van der Waals surface area (Å²) >= 11 is 0. The first kappa shape index (κ1) is 19.6. The molecule has 0 N–H and O–H groups in total. The van der Waals surface area contributed by atoms with Crippen LogP contribution in [0.1, 0.15) is 34.6 Å². The summed E-state index contributed by atoms with van der Waals surface area (Å²) in [6.07, 6.45) is 0. The van der Waals surface area contributed by atoms with Crippen molar-refractivity contribution in [2.24, 2.45) is 11.3 Å². The molecule has 8 nitrogen and oxygen atoms in total. The summed E-state index contributed by atoms with van der Waals surface area (Å²) in [5.74, 6) is -3.64. The highest BCUT2D eigenvalue weighted by Crippen LogP contribution is 2.48. The van der Waals surface area contributed by atoms with Gasteiger partial charge in [0.2, 0.25) is 12.7 Å². The van der Waals surface area contributed by atoms with Gasteiger partial charge in [0.05, 0.1) is 10.2 Å². The van der Waals surface area contributed by atoms with Crippen molar-refractivity contribution >= 4 is 27.7 Å². The Hall–Kier alpha value is -1.71. The predicted molar refractivity (Wildman–Crippen MR) is 83.4 cm³/mol. The second-order valence-corrected chi connectivity index (χ2v) is 10.3. The van der Waals surface area contributed by atoms with Gasteiger partial charge in [0.15, 0.2) is 9.84 Å². The Labute approximate surface area is 145 Å². The Morgan fingerprint density at radius 2 is 1.80 bits per heavy atom. The van der Waals surface area contributed by atoms with Crippen LogP contribution in [-0.4, -0.2) is 60.8 Å². The molecule has 0 aromatic rings. The molecule has 2 rings (SSSR count). The second-order valence-electron chi connectivity index (χ2n) is 7.71. The molecule has 10 heteroatoms. The van der Waals surface area contributed by atoms with Gasteiger partial charge in [0.25, 0.3) is 0 Å². The normalized spacial score (nSPS) is 29.6. The van der Waals surface area contributed by atoms with E-state index in [0.717, 1.165) is 4.90 Å². The molecule has 2 fully saturated rings. The molecule has 0 aliphatic carbocycles. The largest absolute Gasteiger partial charge is 0.427 e. The predicted octanol–water partition coefficient (Wildman–Crippen LogP) is 0.406. The van der Waals surface area contributed by atoms with Gasteiger partial charge in [0.1, 0.15) is 24.0 Å². The van der Waals surface area contributed by atoms with Crippen LogP contribution in [0.2, 0.25) is 0 Å². The van der Waals surface area contributed by atoms with Crippen LogP contribution in [0.5, 0.6) is 0 Å². The van der Waals surface area contributed by atoms with E-state index in [1.165, 1.54) is 13.8 Å². The molecule has 2 saturated heterocycles. The Bertz CT molecular complexity index is 710. The smallest absolute Gasteiger partial charge is 0.333 e. The Morgan fingerprint density at radius 3 is 2.28 bits per heavy atom. The minimum absolute atomic E-state index is 0.603. The summed E-state index contributed by atoms with van der Waals surface area (Å²) < 4.78 is 46.1. The topological polar surface area (TPSA) is 107 Å². The molecular weight excluding hydrogens is 357 g/mol. The zero-order chi connectivity index (χ0) is 19.4. The van der Waals surface area contributed by atoms with Crippen LogP contribution < -0.4 is 0 Å². The van der Waals surface area contributed by atoms with E-state index in [9.17, 15) is 27.2 Å². The Balaban J connectivity index is 2.14. The van der Waals surface area contributed by atoms with E-state index in [1.807, 2.05) is 0 Å². The van der Waals surface area contributed by atoms with E-state index in [4.69, 9.17) is 9.47 Å². The van der Waals surface area contributed by atoms with E-state index in [-0.39, 0.29) is 0 Å². The van der Waals surface area contributed by atoms with Gasteiger partial charge in [-0.3, -0.25) is 14.0 Å². The summed E-state index contributed by atoms with van der Waals surface area (Å²) in [5, 5.41) is -1.37. The Kier molecular flexibility index (Phi) is 4.65. The number of hydrogen-bond donors (Lipinski definition) is 0. The quantitative estimate of drug-likeness (QED) is 0.395. The number of nitrogens with zero attached hydrogens (tertiary/aromatic N) is 1. The van der Waals surface area contributed by atoms with Gasteiger partial charge >= 0.3 is 11.9 Å². The average Bonchev–Trinajstić information content (AvgIpc) is 2.61. The highest BCUT2D eigenvalue weighted by molar-refractivity contribution is 7.93. The SMILES string of the molecule is CC(C)(C)C(=O)OCOC(=O)[C@@H]1N2C(=O)[C@H](CF)[C@H]2S(=O)(=O)C1(C)C. The number of amides is 1. The van der Waals surface area contributed by atoms with E-state index in [0.29, 0.717) is 0 Å². The fourth-order valence-corrected chi connectivity index (χ4v) is 5.26. The highest BCUT2D eigenvalue weighted by atomic mass is 32.2. The molecule has 0 bridgehead atoms. The molecule has 25 heavy (non-hydrogen) atoms. The first-order valence-corrected chi connectivity index (χ1v) is 9.28. The zero-order valence-electron chi connectivity index (χ0n) is 14.7. The number of rotatable bonds is 4. The lowest BCUT2D eigenvalue weighted by atomic mass is 9.92. The van der Waals surface area contributed by atoms with E-state index in [2.05, 4.69) is 0 Å². The Morgan fingerprint density at radius 1 is 1.24 bits per heavy atom. The lowest BCUT2D eigenvalue weighted by Crippen LogP contribution is -2.64. The van der Waals surface area contributed by atoms with E-state index < -0.39 is 68.6 Å². The summed E-state index contributed by atoms with van der Waals surface area (Å²) in [6, 6.07) is -1.41. The molecule has 2 heterocycles. The number of fused-ring (bicyclic) bond motifs is 1. The first-order chi connectivity index (χ1) is 11.3. The third-order valence-corrected chi connectivity index (χ3v) is 7.45. The van der Waals surface area contributed by atoms with Crippen LogP contribution in [0.4, 0.5) is 4.39 Å². The van der Waals surface area contributed by atoms with Crippen molar-refractivity contribution < 1.29 is 36.7 Å². The van der Waals surface area contributed by atoms with Crippen molar-refractivity contribution in [3.05, 3.63) is 0 Å². The van der Waals surface area contributed by atoms with Crippen LogP contribution in [0.3, 0.4) is 0 Å². The number of esters is 2. The molecule has 0 saturated carbocycles. The minimum atomic E-state index is -3.96. The number of ether oxygens (including phenoxy) is 2. The van der Waals surface area contributed by atoms with Gasteiger partial charge in [-0.05, 0) is 34.6 Å². The highest BCUT2D eigenvalue weighted by Gasteiger charge is 2.72. The maximum Gasteiger partial charge on any atom is 0.333 e. The number of hydrogen-bond acceptors (Lipinski definition) is 7. The number of alkyl halides is 1. The first-order valence-electron chi connectivity index (χ1n) is 7.74. The molecule has 3 atom stereocenters. The average molecular weight is 379 g/mol. The number of carbonyl (C=O) groups is 3. The van der Waals surface area contributed by atoms with Crippen molar-refractivity contribution in [2.45, 2.75) is 50.8 Å². The molecule has 0 aromatic carbocycles. The van der Waals surface area contributed by atoms with Crippen LogP contribution in [-0.2, 0) is 33.7 Å². The second kappa shape index (κ2) is 5.93. The van der Waals surface area contributed by atoms with Crippen molar-refractivity contribution in [2.75, 3.05) is 13.5 Å². The minimum Gasteiger partial charge on any atom is -0.427 e. The van der Waals surface area contributed by atoms with Crippen LogP contribution >= 0.6 is 0 Å². The van der Waals surface area contributed by atoms with Crippen molar-refractivity contribution in [3.63, 3.8) is 0 Å². The summed E-state index contributed by atoms with van der Waals surface area (Å²) in [7, 11) is -3.96. The molecule has 1 amide bonds. The lowest BCUT2D eigenvalue weighted by molar-refractivity contribution is -0.181. The molecule has 2 aliphatic heterocycles. The molecule has 142 valence electrons.